The largest absolute Gasteiger partial charge is 0.462 e. The number of hydrogen-bond acceptors (Lipinski definition) is 6. The quantitative estimate of drug-likeness (QED) is 0.0202. The van der Waals surface area contributed by atoms with Crippen molar-refractivity contribution in [2.24, 2.45) is 0 Å². The van der Waals surface area contributed by atoms with Crippen LogP contribution in [0.3, 0.4) is 0 Å². The van der Waals surface area contributed by atoms with Crippen LogP contribution in [0.1, 0.15) is 213 Å². The Morgan fingerprint density at radius 2 is 0.667 bits per heavy atom. The zero-order chi connectivity index (χ0) is 41.5. The zero-order valence-electron chi connectivity index (χ0n) is 37.1. The molecule has 1 unspecified atom stereocenters. The summed E-state index contributed by atoms with van der Waals surface area (Å²) in [4.78, 5) is 37.7. The van der Waals surface area contributed by atoms with Gasteiger partial charge in [-0.3, -0.25) is 14.4 Å². The van der Waals surface area contributed by atoms with Gasteiger partial charge in [0.1, 0.15) is 13.2 Å². The van der Waals surface area contributed by atoms with Crippen LogP contribution < -0.4 is 0 Å². The normalized spacial score (nSPS) is 12.7. The molecule has 0 aromatic heterocycles. The van der Waals surface area contributed by atoms with E-state index in [0.717, 1.165) is 116 Å². The van der Waals surface area contributed by atoms with Gasteiger partial charge in [0.15, 0.2) is 6.10 Å². The Morgan fingerprint density at radius 3 is 1.09 bits per heavy atom. The van der Waals surface area contributed by atoms with Gasteiger partial charge in [-0.1, -0.05) is 184 Å². The molecule has 0 saturated heterocycles. The third-order valence-electron chi connectivity index (χ3n) is 9.75. The van der Waals surface area contributed by atoms with Crippen molar-refractivity contribution < 1.29 is 28.6 Å². The molecule has 0 rings (SSSR count). The first kappa shape index (κ1) is 53.9. The predicted octanol–water partition coefficient (Wildman–Crippen LogP) is 15.1. The number of esters is 3. The molecule has 0 aromatic rings. The molecule has 0 amide bonds. The van der Waals surface area contributed by atoms with Crippen LogP contribution >= 0.6 is 0 Å². The number of carbonyl (C=O) groups is 3. The van der Waals surface area contributed by atoms with Gasteiger partial charge in [0.05, 0.1) is 0 Å². The van der Waals surface area contributed by atoms with Gasteiger partial charge in [0.2, 0.25) is 0 Å². The second-order valence-electron chi connectivity index (χ2n) is 15.4. The molecule has 0 aliphatic heterocycles. The highest BCUT2D eigenvalue weighted by molar-refractivity contribution is 5.71. The number of unbranched alkanes of at least 4 members (excludes halogenated alkanes) is 21. The van der Waals surface area contributed by atoms with E-state index in [4.69, 9.17) is 14.2 Å². The summed E-state index contributed by atoms with van der Waals surface area (Å²) < 4.78 is 16.7. The van der Waals surface area contributed by atoms with Crippen molar-refractivity contribution in [3.63, 3.8) is 0 Å². The molecule has 0 saturated carbocycles. The van der Waals surface area contributed by atoms with Gasteiger partial charge in [-0.25, -0.2) is 0 Å². The Labute approximate surface area is 351 Å². The van der Waals surface area contributed by atoms with E-state index >= 15 is 0 Å². The third kappa shape index (κ3) is 43.8. The maximum Gasteiger partial charge on any atom is 0.306 e. The summed E-state index contributed by atoms with van der Waals surface area (Å²) in [6.45, 7) is 6.46. The van der Waals surface area contributed by atoms with E-state index in [-0.39, 0.29) is 31.1 Å². The van der Waals surface area contributed by atoms with Crippen molar-refractivity contribution in [2.45, 2.75) is 219 Å². The molecule has 0 aliphatic rings. The average molecular weight is 795 g/mol. The van der Waals surface area contributed by atoms with Crippen LogP contribution in [0.2, 0.25) is 0 Å². The molecule has 326 valence electrons. The maximum atomic E-state index is 12.7. The van der Waals surface area contributed by atoms with Gasteiger partial charge in [-0.05, 0) is 83.5 Å². The summed E-state index contributed by atoms with van der Waals surface area (Å²) in [5, 5.41) is 0. The third-order valence-corrected chi connectivity index (χ3v) is 9.75. The molecule has 0 fully saturated rings. The Bertz CT molecular complexity index is 1100. The summed E-state index contributed by atoms with van der Waals surface area (Å²) in [6, 6.07) is 0. The fraction of sp³-hybridized carbons (Fsp3) is 0.706. The van der Waals surface area contributed by atoms with Gasteiger partial charge in [-0.2, -0.15) is 0 Å². The summed E-state index contributed by atoms with van der Waals surface area (Å²) in [5.41, 5.74) is 0. The molecule has 0 heterocycles. The molecular weight excluding hydrogens is 709 g/mol. The monoisotopic (exact) mass is 795 g/mol. The number of ether oxygens (including phenoxy) is 3. The maximum absolute atomic E-state index is 12.7. The lowest BCUT2D eigenvalue weighted by molar-refractivity contribution is -0.167. The van der Waals surface area contributed by atoms with Crippen LogP contribution in [0, 0.1) is 0 Å². The van der Waals surface area contributed by atoms with Crippen molar-refractivity contribution in [3.05, 3.63) is 72.9 Å². The van der Waals surface area contributed by atoms with Crippen LogP contribution in [0.25, 0.3) is 0 Å². The van der Waals surface area contributed by atoms with Crippen molar-refractivity contribution in [1.82, 2.24) is 0 Å². The van der Waals surface area contributed by atoms with E-state index in [2.05, 4.69) is 93.7 Å². The van der Waals surface area contributed by atoms with Crippen molar-refractivity contribution in [3.8, 4) is 0 Å². The summed E-state index contributed by atoms with van der Waals surface area (Å²) >= 11 is 0. The second kappa shape index (κ2) is 45.6. The first-order valence-electron chi connectivity index (χ1n) is 23.5. The van der Waals surface area contributed by atoms with Crippen LogP contribution in [0.4, 0.5) is 0 Å². The Kier molecular flexibility index (Phi) is 43.0. The standard InChI is InChI=1S/C51H86O6/c1-4-7-10-13-16-19-22-23-24-25-26-27-28-30-32-35-38-41-44-50(53)56-47-48(46-55-49(52)43-40-37-34-31-21-18-15-12-9-6-3)57-51(54)45-42-39-36-33-29-20-17-14-11-8-5-2/h14-19,22-27,48H,4-13,20-21,28-47H2,1-3H3/b17-14-,18-15-,19-16-,23-22-,25-24-,27-26-. The van der Waals surface area contributed by atoms with E-state index in [1.54, 1.807) is 0 Å². The molecule has 0 aliphatic carbocycles. The first-order chi connectivity index (χ1) is 28.0. The average Bonchev–Trinajstić information content (AvgIpc) is 3.21. The van der Waals surface area contributed by atoms with Gasteiger partial charge >= 0.3 is 17.9 Å². The zero-order valence-corrected chi connectivity index (χ0v) is 37.1. The van der Waals surface area contributed by atoms with Crippen LogP contribution in [0.5, 0.6) is 0 Å². The first-order valence-corrected chi connectivity index (χ1v) is 23.5. The minimum atomic E-state index is -0.791. The fourth-order valence-electron chi connectivity index (χ4n) is 6.12. The van der Waals surface area contributed by atoms with Crippen LogP contribution in [-0.4, -0.2) is 37.2 Å². The van der Waals surface area contributed by atoms with E-state index in [0.29, 0.717) is 19.3 Å². The lowest BCUT2D eigenvalue weighted by atomic mass is 10.1. The van der Waals surface area contributed by atoms with Crippen molar-refractivity contribution >= 4 is 17.9 Å². The highest BCUT2D eigenvalue weighted by Crippen LogP contribution is 2.13. The second-order valence-corrected chi connectivity index (χ2v) is 15.4. The molecule has 0 bridgehead atoms. The summed E-state index contributed by atoms with van der Waals surface area (Å²) in [5.74, 6) is -0.945. The lowest BCUT2D eigenvalue weighted by Gasteiger charge is -2.18. The minimum absolute atomic E-state index is 0.0936. The van der Waals surface area contributed by atoms with Crippen molar-refractivity contribution in [1.29, 1.82) is 0 Å². The number of hydrogen-bond donors (Lipinski definition) is 0. The highest BCUT2D eigenvalue weighted by atomic mass is 16.6. The SMILES string of the molecule is CCCC/C=C\CCCCCCCC(=O)OC(COC(=O)CCCCCC/C=C\CCCC)COC(=O)CCCCCCC\C=C/C=C\C=C/C=C\CCCCC. The molecule has 0 spiro atoms. The minimum Gasteiger partial charge on any atom is -0.462 e. The van der Waals surface area contributed by atoms with E-state index in [9.17, 15) is 14.4 Å². The van der Waals surface area contributed by atoms with E-state index in [1.165, 1.54) is 57.8 Å². The molecule has 6 heteroatoms. The summed E-state index contributed by atoms with van der Waals surface area (Å²) in [6.07, 6.45) is 55.9. The highest BCUT2D eigenvalue weighted by Gasteiger charge is 2.19. The molecule has 1 atom stereocenters. The molecule has 0 N–H and O–H groups in total. The Balaban J connectivity index is 4.42. The van der Waals surface area contributed by atoms with Gasteiger partial charge < -0.3 is 14.2 Å². The van der Waals surface area contributed by atoms with Gasteiger partial charge in [-0.15, -0.1) is 0 Å². The Hall–Kier alpha value is -3.15. The molecule has 6 nitrogen and oxygen atoms in total. The molecule has 0 aromatic carbocycles. The summed E-state index contributed by atoms with van der Waals surface area (Å²) in [7, 11) is 0. The van der Waals surface area contributed by atoms with E-state index < -0.39 is 6.10 Å². The topological polar surface area (TPSA) is 78.9 Å². The predicted molar refractivity (Wildman–Crippen MR) is 242 cm³/mol. The lowest BCUT2D eigenvalue weighted by Crippen LogP contribution is -2.30. The number of rotatable bonds is 41. The van der Waals surface area contributed by atoms with Gasteiger partial charge in [0, 0.05) is 19.3 Å². The smallest absolute Gasteiger partial charge is 0.306 e. The molecule has 57 heavy (non-hydrogen) atoms. The van der Waals surface area contributed by atoms with Crippen LogP contribution in [-0.2, 0) is 28.6 Å². The number of carbonyl (C=O) groups excluding carboxylic acids is 3. The fourth-order valence-corrected chi connectivity index (χ4v) is 6.12. The van der Waals surface area contributed by atoms with Gasteiger partial charge in [0.25, 0.3) is 0 Å². The molecule has 0 radical (unpaired) electrons. The Morgan fingerprint density at radius 1 is 0.351 bits per heavy atom. The van der Waals surface area contributed by atoms with E-state index in [1.807, 2.05) is 0 Å². The van der Waals surface area contributed by atoms with Crippen molar-refractivity contribution in [2.75, 3.05) is 13.2 Å². The number of allylic oxidation sites excluding steroid dienone is 12. The van der Waals surface area contributed by atoms with Crippen LogP contribution in [0.15, 0.2) is 72.9 Å². The molecular formula is C51H86O6.